The molecule has 0 aliphatic rings. The number of ether oxygens (including phenoxy) is 1. The molecule has 0 saturated heterocycles. The summed E-state index contributed by atoms with van der Waals surface area (Å²) in [6.07, 6.45) is 4.36. The highest BCUT2D eigenvalue weighted by Gasteiger charge is 2.20. The van der Waals surface area contributed by atoms with Gasteiger partial charge in [-0.05, 0) is 50.2 Å². The number of amides is 3. The minimum Gasteiger partial charge on any atom is -0.506 e. The number of phenols is 1. The van der Waals surface area contributed by atoms with Crippen LogP contribution in [0.3, 0.4) is 0 Å². The summed E-state index contributed by atoms with van der Waals surface area (Å²) >= 11 is 0. The standard InChI is InChI=1S/C26H26N10O5.C6H8N2O/c1-12-7-17(34-33-12)24(40)32-26-31-15-8-13(22(27)38)10-18(37)20(15)36(26)6-4-3-5-35-21-16(30-25(35)29)9-14(23(28)39)11-19(21)41-2;1-5-3-6(4-9)8(2)7-5/h3-4,7-11,37H,5-6H2,1-2H3,(H2,27,38)(H2,28,39)(H2,29,30)(H,33,34)(H,31,32,40);3-4H,1-2H3/b4-3+;. The number of H-pyrrole nitrogens is 1. The highest BCUT2D eigenvalue weighted by atomic mass is 16.5. The molecule has 3 amide bonds. The van der Waals surface area contributed by atoms with Gasteiger partial charge in [0.2, 0.25) is 23.7 Å². The number of methoxy groups -OCH3 is 1. The molecule has 0 spiro atoms. The largest absolute Gasteiger partial charge is 0.506 e. The molecule has 0 bridgehead atoms. The van der Waals surface area contributed by atoms with Crippen molar-refractivity contribution < 1.29 is 29.0 Å². The van der Waals surface area contributed by atoms with Gasteiger partial charge < -0.3 is 36.2 Å². The third-order valence-electron chi connectivity index (χ3n) is 7.51. The molecule has 50 heavy (non-hydrogen) atoms. The van der Waals surface area contributed by atoms with E-state index in [4.69, 9.17) is 21.9 Å². The average molecular weight is 683 g/mol. The Hall–Kier alpha value is -6.98. The zero-order valence-corrected chi connectivity index (χ0v) is 27.5. The molecule has 6 rings (SSSR count). The minimum absolute atomic E-state index is 0.0619. The molecule has 0 atom stereocenters. The molecule has 0 unspecified atom stereocenters. The van der Waals surface area contributed by atoms with Crippen molar-refractivity contribution in [3.8, 4) is 11.5 Å². The first-order valence-electron chi connectivity index (χ1n) is 14.9. The van der Waals surface area contributed by atoms with Crippen molar-refractivity contribution in [3.05, 3.63) is 82.5 Å². The molecular weight excluding hydrogens is 648 g/mol. The number of benzene rings is 2. The van der Waals surface area contributed by atoms with Gasteiger partial charge in [0, 0.05) is 37.0 Å². The van der Waals surface area contributed by atoms with E-state index in [9.17, 15) is 24.3 Å². The first kappa shape index (κ1) is 34.4. The summed E-state index contributed by atoms with van der Waals surface area (Å²) in [5.41, 5.74) is 21.1. The number of primary amides is 2. The fraction of sp³-hybridized carbons (Fsp3) is 0.188. The second-order valence-corrected chi connectivity index (χ2v) is 11.1. The van der Waals surface area contributed by atoms with Crippen molar-refractivity contribution in [1.82, 2.24) is 39.1 Å². The van der Waals surface area contributed by atoms with Gasteiger partial charge in [0.05, 0.1) is 23.8 Å². The summed E-state index contributed by atoms with van der Waals surface area (Å²) in [5, 5.41) is 24.1. The molecule has 258 valence electrons. The van der Waals surface area contributed by atoms with Gasteiger partial charge in [0.25, 0.3) is 5.91 Å². The van der Waals surface area contributed by atoms with Crippen LogP contribution >= 0.6 is 0 Å². The number of rotatable bonds is 10. The summed E-state index contributed by atoms with van der Waals surface area (Å²) in [7, 11) is 3.21. The summed E-state index contributed by atoms with van der Waals surface area (Å²) in [6.45, 7) is 4.04. The Kier molecular flexibility index (Phi) is 9.63. The SMILES string of the molecule is COc1cc(C(N)=O)cc2nc(N)n(C/C=C/Cn3c(NC(=O)c4cc(C)[nH]n4)nc4cc(C(N)=O)cc(O)c43)c12.Cc1cc(C=O)n(C)n1. The average Bonchev–Trinajstić information content (AvgIpc) is 3.82. The molecule has 18 heteroatoms. The molecule has 0 radical (unpaired) electrons. The Bertz CT molecular complexity index is 2310. The Labute approximate surface area is 283 Å². The predicted octanol–water partition coefficient (Wildman–Crippen LogP) is 1.96. The number of nitrogens with zero attached hydrogens (tertiary/aromatic N) is 7. The second-order valence-electron chi connectivity index (χ2n) is 11.1. The molecule has 4 aromatic heterocycles. The van der Waals surface area contributed by atoms with Crippen molar-refractivity contribution in [1.29, 1.82) is 0 Å². The summed E-state index contributed by atoms with van der Waals surface area (Å²) < 4.78 is 10.3. The quantitative estimate of drug-likeness (QED) is 0.0898. The summed E-state index contributed by atoms with van der Waals surface area (Å²) in [6, 6.07) is 9.03. The van der Waals surface area contributed by atoms with Crippen LogP contribution in [0.15, 0.2) is 48.6 Å². The number of allylic oxidation sites excluding steroid dienone is 2. The molecule has 0 aliphatic heterocycles. The van der Waals surface area contributed by atoms with Crippen LogP contribution in [0, 0.1) is 13.8 Å². The Morgan fingerprint density at radius 3 is 2.12 bits per heavy atom. The van der Waals surface area contributed by atoms with Gasteiger partial charge >= 0.3 is 0 Å². The van der Waals surface area contributed by atoms with E-state index in [-0.39, 0.29) is 58.6 Å². The lowest BCUT2D eigenvalue weighted by atomic mass is 10.1. The maximum absolute atomic E-state index is 12.8. The van der Waals surface area contributed by atoms with E-state index in [2.05, 4.69) is 30.6 Å². The van der Waals surface area contributed by atoms with Gasteiger partial charge in [-0.1, -0.05) is 12.2 Å². The fourth-order valence-electron chi connectivity index (χ4n) is 5.19. The van der Waals surface area contributed by atoms with Crippen LogP contribution in [0.1, 0.15) is 53.1 Å². The van der Waals surface area contributed by atoms with Gasteiger partial charge in [0.15, 0.2) is 12.0 Å². The van der Waals surface area contributed by atoms with Crippen LogP contribution in [0.5, 0.6) is 11.5 Å². The van der Waals surface area contributed by atoms with Crippen molar-refractivity contribution >= 4 is 58.0 Å². The molecule has 0 fully saturated rings. The normalized spacial score (nSPS) is 11.1. The van der Waals surface area contributed by atoms with Crippen LogP contribution in [0.25, 0.3) is 22.1 Å². The monoisotopic (exact) mass is 682 g/mol. The number of nitrogens with one attached hydrogen (secondary N) is 2. The molecule has 4 heterocycles. The number of nitrogen functional groups attached to an aromatic ring is 1. The number of anilines is 2. The molecule has 18 nitrogen and oxygen atoms in total. The van der Waals surface area contributed by atoms with Gasteiger partial charge in [-0.15, -0.1) is 0 Å². The Morgan fingerprint density at radius 2 is 1.58 bits per heavy atom. The van der Waals surface area contributed by atoms with Crippen molar-refractivity contribution in [2.75, 3.05) is 18.2 Å². The molecule has 9 N–H and O–H groups in total. The molecular formula is C32H34N12O6. The molecule has 0 aliphatic carbocycles. The van der Waals surface area contributed by atoms with Crippen molar-refractivity contribution in [2.45, 2.75) is 26.9 Å². The van der Waals surface area contributed by atoms with E-state index in [1.165, 1.54) is 31.4 Å². The molecule has 6 aromatic rings. The van der Waals surface area contributed by atoms with Crippen molar-refractivity contribution in [3.63, 3.8) is 0 Å². The van der Waals surface area contributed by atoms with Gasteiger partial charge in [-0.2, -0.15) is 10.2 Å². The summed E-state index contributed by atoms with van der Waals surface area (Å²) in [5.74, 6) is -1.45. The van der Waals surface area contributed by atoms with E-state index >= 15 is 0 Å². The first-order chi connectivity index (χ1) is 23.8. The molecule has 0 saturated carbocycles. The topological polar surface area (TPSA) is 270 Å². The van der Waals surface area contributed by atoms with E-state index < -0.39 is 17.7 Å². The van der Waals surface area contributed by atoms with Crippen LogP contribution in [-0.4, -0.2) is 75.3 Å². The van der Waals surface area contributed by atoms with E-state index in [1.54, 1.807) is 52.1 Å². The third-order valence-corrected chi connectivity index (χ3v) is 7.51. The van der Waals surface area contributed by atoms with Crippen LogP contribution in [-0.2, 0) is 20.1 Å². The fourth-order valence-corrected chi connectivity index (χ4v) is 5.19. The van der Waals surface area contributed by atoms with Crippen LogP contribution < -0.4 is 27.3 Å². The van der Waals surface area contributed by atoms with Gasteiger partial charge in [0.1, 0.15) is 28.2 Å². The van der Waals surface area contributed by atoms with E-state index in [1.807, 2.05) is 6.92 Å². The zero-order valence-electron chi connectivity index (χ0n) is 27.5. The second kappa shape index (κ2) is 14.0. The number of nitrogens with two attached hydrogens (primary N) is 3. The highest BCUT2D eigenvalue weighted by Crippen LogP contribution is 2.31. The number of carbonyl (C=O) groups excluding carboxylic acids is 4. The molecule has 2 aromatic carbocycles. The highest BCUT2D eigenvalue weighted by molar-refractivity contribution is 6.04. The number of aromatic amines is 1. The number of phenolic OH excluding ortho intramolecular Hbond substituents is 1. The lowest BCUT2D eigenvalue weighted by molar-refractivity contribution is 0.0991. The smallest absolute Gasteiger partial charge is 0.278 e. The summed E-state index contributed by atoms with van der Waals surface area (Å²) in [4.78, 5) is 55.2. The predicted molar refractivity (Wildman–Crippen MR) is 183 cm³/mol. The lowest BCUT2D eigenvalue weighted by Crippen LogP contribution is -2.16. The number of aromatic nitrogens is 8. The number of hydrogen-bond acceptors (Lipinski definition) is 11. The van der Waals surface area contributed by atoms with Gasteiger partial charge in [-0.3, -0.25) is 34.3 Å². The number of hydrogen-bond donors (Lipinski definition) is 6. The van der Waals surface area contributed by atoms with Crippen LogP contribution in [0.4, 0.5) is 11.9 Å². The first-order valence-corrected chi connectivity index (χ1v) is 14.9. The number of aldehydes is 1. The van der Waals surface area contributed by atoms with Crippen molar-refractivity contribution in [2.24, 2.45) is 18.5 Å². The van der Waals surface area contributed by atoms with E-state index in [0.29, 0.717) is 28.2 Å². The number of fused-ring (bicyclic) bond motifs is 2. The Morgan fingerprint density at radius 1 is 0.940 bits per heavy atom. The maximum atomic E-state index is 12.8. The Balaban J connectivity index is 0.000000470. The zero-order chi connectivity index (χ0) is 36.3. The lowest BCUT2D eigenvalue weighted by Gasteiger charge is -2.10. The third kappa shape index (κ3) is 6.98. The van der Waals surface area contributed by atoms with Crippen LogP contribution in [0.2, 0.25) is 0 Å². The number of aryl methyl sites for hydroxylation is 3. The van der Waals surface area contributed by atoms with Gasteiger partial charge in [-0.25, -0.2) is 9.97 Å². The maximum Gasteiger partial charge on any atom is 0.278 e. The number of aromatic hydroxyl groups is 1. The minimum atomic E-state index is -0.738. The number of imidazole rings is 2. The number of carbonyl (C=O) groups is 4. The van der Waals surface area contributed by atoms with E-state index in [0.717, 1.165) is 12.0 Å².